The second kappa shape index (κ2) is 5.22. The fourth-order valence-corrected chi connectivity index (χ4v) is 1.96. The minimum absolute atomic E-state index is 0.123. The number of ether oxygens (including phenoxy) is 1. The van der Waals surface area contributed by atoms with Gasteiger partial charge in [-0.25, -0.2) is 0 Å². The van der Waals surface area contributed by atoms with E-state index in [-0.39, 0.29) is 12.0 Å². The molecular formula is C10H19NO2. The molecule has 1 rings (SSSR count). The fourth-order valence-electron chi connectivity index (χ4n) is 1.96. The summed E-state index contributed by atoms with van der Waals surface area (Å²) in [6.45, 7) is 0. The first-order valence-corrected chi connectivity index (χ1v) is 5.06. The Morgan fingerprint density at radius 1 is 1.38 bits per heavy atom. The van der Waals surface area contributed by atoms with Crippen LogP contribution in [0.2, 0.25) is 0 Å². The Balaban J connectivity index is 2.40. The smallest absolute Gasteiger partial charge is 0.305 e. The topological polar surface area (TPSA) is 52.3 Å². The number of esters is 1. The van der Waals surface area contributed by atoms with Gasteiger partial charge in [-0.3, -0.25) is 4.79 Å². The first kappa shape index (κ1) is 10.5. The molecule has 0 aliphatic heterocycles. The third kappa shape index (κ3) is 3.35. The molecule has 0 radical (unpaired) electrons. The van der Waals surface area contributed by atoms with Crippen LogP contribution in [0, 0.1) is 5.92 Å². The molecule has 76 valence electrons. The normalized spacial score (nSPS) is 29.4. The fraction of sp³-hybridized carbons (Fsp3) is 0.900. The average molecular weight is 185 g/mol. The SMILES string of the molecule is COC(=O)C[C@H]1CCCCC[C@@H]1N. The van der Waals surface area contributed by atoms with E-state index in [0.29, 0.717) is 12.3 Å². The van der Waals surface area contributed by atoms with Crippen LogP contribution in [0.4, 0.5) is 0 Å². The Morgan fingerprint density at radius 3 is 2.77 bits per heavy atom. The van der Waals surface area contributed by atoms with Gasteiger partial charge in [0, 0.05) is 12.5 Å². The van der Waals surface area contributed by atoms with Gasteiger partial charge in [-0.2, -0.15) is 0 Å². The zero-order valence-corrected chi connectivity index (χ0v) is 8.29. The van der Waals surface area contributed by atoms with Gasteiger partial charge in [-0.15, -0.1) is 0 Å². The zero-order chi connectivity index (χ0) is 9.68. The second-order valence-electron chi connectivity index (χ2n) is 3.84. The third-order valence-electron chi connectivity index (χ3n) is 2.87. The maximum absolute atomic E-state index is 11.1. The lowest BCUT2D eigenvalue weighted by Crippen LogP contribution is -2.30. The molecule has 0 bridgehead atoms. The first-order valence-electron chi connectivity index (χ1n) is 5.06. The molecule has 0 aromatic rings. The van der Waals surface area contributed by atoms with Crippen molar-refractivity contribution in [2.45, 2.75) is 44.6 Å². The van der Waals surface area contributed by atoms with Crippen LogP contribution in [0.1, 0.15) is 38.5 Å². The highest BCUT2D eigenvalue weighted by molar-refractivity contribution is 5.69. The van der Waals surface area contributed by atoms with Crippen LogP contribution >= 0.6 is 0 Å². The molecule has 0 saturated heterocycles. The predicted octanol–water partition coefficient (Wildman–Crippen LogP) is 1.46. The quantitative estimate of drug-likeness (QED) is 0.523. The van der Waals surface area contributed by atoms with Gasteiger partial charge < -0.3 is 10.5 Å². The lowest BCUT2D eigenvalue weighted by atomic mass is 9.92. The molecule has 1 fully saturated rings. The molecule has 0 spiro atoms. The molecular weight excluding hydrogens is 166 g/mol. The lowest BCUT2D eigenvalue weighted by Gasteiger charge is -2.19. The maximum Gasteiger partial charge on any atom is 0.305 e. The molecule has 1 aliphatic rings. The molecule has 3 nitrogen and oxygen atoms in total. The van der Waals surface area contributed by atoms with Crippen molar-refractivity contribution in [2.75, 3.05) is 7.11 Å². The minimum Gasteiger partial charge on any atom is -0.469 e. The molecule has 1 aliphatic carbocycles. The number of carbonyl (C=O) groups is 1. The van der Waals surface area contributed by atoms with E-state index in [1.165, 1.54) is 26.4 Å². The molecule has 13 heavy (non-hydrogen) atoms. The van der Waals surface area contributed by atoms with Crippen LogP contribution in [-0.2, 0) is 9.53 Å². The van der Waals surface area contributed by atoms with Crippen molar-refractivity contribution >= 4 is 5.97 Å². The molecule has 0 aromatic carbocycles. The predicted molar refractivity (Wildman–Crippen MR) is 51.2 cm³/mol. The van der Waals surface area contributed by atoms with E-state index in [0.717, 1.165) is 12.8 Å². The van der Waals surface area contributed by atoms with Crippen molar-refractivity contribution < 1.29 is 9.53 Å². The third-order valence-corrected chi connectivity index (χ3v) is 2.87. The van der Waals surface area contributed by atoms with Crippen molar-refractivity contribution in [3.05, 3.63) is 0 Å². The Hall–Kier alpha value is -0.570. The molecule has 2 atom stereocenters. The number of rotatable bonds is 2. The van der Waals surface area contributed by atoms with Gasteiger partial charge in [0.05, 0.1) is 7.11 Å². The van der Waals surface area contributed by atoms with E-state index in [1.807, 2.05) is 0 Å². The van der Waals surface area contributed by atoms with Crippen molar-refractivity contribution in [2.24, 2.45) is 11.7 Å². The van der Waals surface area contributed by atoms with Gasteiger partial charge in [0.15, 0.2) is 0 Å². The van der Waals surface area contributed by atoms with Crippen LogP contribution in [-0.4, -0.2) is 19.1 Å². The highest BCUT2D eigenvalue weighted by atomic mass is 16.5. The van der Waals surface area contributed by atoms with Crippen molar-refractivity contribution in [3.63, 3.8) is 0 Å². The second-order valence-corrected chi connectivity index (χ2v) is 3.84. The zero-order valence-electron chi connectivity index (χ0n) is 8.29. The van der Waals surface area contributed by atoms with Gasteiger partial charge in [0.25, 0.3) is 0 Å². The van der Waals surface area contributed by atoms with Crippen LogP contribution in [0.3, 0.4) is 0 Å². The van der Waals surface area contributed by atoms with E-state index >= 15 is 0 Å². The van der Waals surface area contributed by atoms with Gasteiger partial charge in [-0.1, -0.05) is 19.3 Å². The highest BCUT2D eigenvalue weighted by Gasteiger charge is 2.22. The van der Waals surface area contributed by atoms with Crippen molar-refractivity contribution in [3.8, 4) is 0 Å². The van der Waals surface area contributed by atoms with E-state index in [2.05, 4.69) is 4.74 Å². The summed E-state index contributed by atoms with van der Waals surface area (Å²) in [5.41, 5.74) is 5.97. The summed E-state index contributed by atoms with van der Waals surface area (Å²) in [6.07, 6.45) is 6.30. The van der Waals surface area contributed by atoms with E-state index in [9.17, 15) is 4.79 Å². The summed E-state index contributed by atoms with van der Waals surface area (Å²) in [4.78, 5) is 11.1. The summed E-state index contributed by atoms with van der Waals surface area (Å²) in [5, 5.41) is 0. The van der Waals surface area contributed by atoms with Gasteiger partial charge in [0.1, 0.15) is 0 Å². The average Bonchev–Trinajstić information content (AvgIpc) is 2.32. The molecule has 1 saturated carbocycles. The minimum atomic E-state index is -0.123. The van der Waals surface area contributed by atoms with E-state index in [4.69, 9.17) is 5.73 Å². The maximum atomic E-state index is 11.1. The van der Waals surface area contributed by atoms with Crippen molar-refractivity contribution in [1.82, 2.24) is 0 Å². The standard InChI is InChI=1S/C10H19NO2/c1-13-10(12)7-8-5-3-2-4-6-9(8)11/h8-9H,2-7,11H2,1H3/t8-,9+/m1/s1. The molecule has 2 N–H and O–H groups in total. The summed E-state index contributed by atoms with van der Waals surface area (Å²) in [5.74, 6) is 0.220. The lowest BCUT2D eigenvalue weighted by molar-refractivity contribution is -0.141. The van der Waals surface area contributed by atoms with E-state index < -0.39 is 0 Å². The monoisotopic (exact) mass is 185 g/mol. The van der Waals surface area contributed by atoms with Crippen LogP contribution in [0.5, 0.6) is 0 Å². The summed E-state index contributed by atoms with van der Waals surface area (Å²) in [6, 6.07) is 0.196. The van der Waals surface area contributed by atoms with Gasteiger partial charge >= 0.3 is 5.97 Å². The molecule has 0 aromatic heterocycles. The number of methoxy groups -OCH3 is 1. The molecule has 3 heteroatoms. The number of hydrogen-bond donors (Lipinski definition) is 1. The molecule has 0 heterocycles. The van der Waals surface area contributed by atoms with E-state index in [1.54, 1.807) is 0 Å². The first-order chi connectivity index (χ1) is 6.24. The van der Waals surface area contributed by atoms with Crippen LogP contribution in [0.15, 0.2) is 0 Å². The number of nitrogens with two attached hydrogens (primary N) is 1. The van der Waals surface area contributed by atoms with Crippen molar-refractivity contribution in [1.29, 1.82) is 0 Å². The Kier molecular flexibility index (Phi) is 4.22. The molecule has 0 amide bonds. The van der Waals surface area contributed by atoms with Gasteiger partial charge in [-0.05, 0) is 18.8 Å². The largest absolute Gasteiger partial charge is 0.469 e. The van der Waals surface area contributed by atoms with Crippen LogP contribution < -0.4 is 5.73 Å². The highest BCUT2D eigenvalue weighted by Crippen LogP contribution is 2.24. The summed E-state index contributed by atoms with van der Waals surface area (Å²) < 4.78 is 4.65. The number of hydrogen-bond acceptors (Lipinski definition) is 3. The van der Waals surface area contributed by atoms with Crippen LogP contribution in [0.25, 0.3) is 0 Å². The molecule has 0 unspecified atom stereocenters. The Morgan fingerprint density at radius 2 is 2.08 bits per heavy atom. The summed E-state index contributed by atoms with van der Waals surface area (Å²) in [7, 11) is 1.44. The van der Waals surface area contributed by atoms with Gasteiger partial charge in [0.2, 0.25) is 0 Å². The Labute approximate surface area is 79.6 Å². The Bertz CT molecular complexity index is 170. The summed E-state index contributed by atoms with van der Waals surface area (Å²) >= 11 is 0. The number of carbonyl (C=O) groups excluding carboxylic acids is 1.